The van der Waals surface area contributed by atoms with E-state index < -0.39 is 5.97 Å². The fourth-order valence-electron chi connectivity index (χ4n) is 3.78. The molecule has 8 nitrogen and oxygen atoms in total. The Labute approximate surface area is 194 Å². The number of rotatable bonds is 6. The van der Waals surface area contributed by atoms with Gasteiger partial charge < -0.3 is 14.6 Å². The van der Waals surface area contributed by atoms with Gasteiger partial charge in [-0.1, -0.05) is 45.4 Å². The van der Waals surface area contributed by atoms with Crippen LogP contribution >= 0.6 is 15.9 Å². The Morgan fingerprint density at radius 2 is 2.09 bits per heavy atom. The molecule has 1 aliphatic heterocycles. The Balaban J connectivity index is 1.39. The highest BCUT2D eigenvalue weighted by Gasteiger charge is 2.28. The largest absolute Gasteiger partial charge is 0.465 e. The number of methoxy groups -OCH3 is 1. The zero-order valence-corrected chi connectivity index (χ0v) is 19.2. The zero-order valence-electron chi connectivity index (χ0n) is 17.6. The quantitative estimate of drug-likeness (QED) is 0.510. The Morgan fingerprint density at radius 3 is 2.91 bits per heavy atom. The molecule has 3 aromatic rings. The van der Waals surface area contributed by atoms with Crippen molar-refractivity contribution in [2.45, 2.75) is 19.4 Å². The number of aromatic nitrogens is 2. The maximum atomic E-state index is 12.9. The molecule has 32 heavy (non-hydrogen) atoms. The average Bonchev–Trinajstić information content (AvgIpc) is 3.27. The number of esters is 1. The Morgan fingerprint density at radius 1 is 1.25 bits per heavy atom. The van der Waals surface area contributed by atoms with Crippen molar-refractivity contribution >= 4 is 33.5 Å². The fraction of sp³-hybridized carbons (Fsp3) is 0.304. The van der Waals surface area contributed by atoms with E-state index in [1.54, 1.807) is 24.3 Å². The number of anilines is 1. The first-order valence-electron chi connectivity index (χ1n) is 10.3. The minimum atomic E-state index is -0.483. The molecule has 166 valence electrons. The molecule has 1 N–H and O–H groups in total. The number of nitrogens with one attached hydrogen (secondary N) is 1. The van der Waals surface area contributed by atoms with E-state index in [-0.39, 0.29) is 11.8 Å². The van der Waals surface area contributed by atoms with Crippen LogP contribution in [0.5, 0.6) is 0 Å². The number of ether oxygens (including phenoxy) is 1. The number of halogens is 1. The van der Waals surface area contributed by atoms with E-state index in [2.05, 4.69) is 36.3 Å². The number of carbonyl (C=O) groups excluding carboxylic acids is 2. The second-order valence-electron chi connectivity index (χ2n) is 7.62. The van der Waals surface area contributed by atoms with Crippen LogP contribution < -0.4 is 5.32 Å². The van der Waals surface area contributed by atoms with Gasteiger partial charge in [-0.05, 0) is 43.7 Å². The smallest absolute Gasteiger partial charge is 0.339 e. The minimum absolute atomic E-state index is 0.119. The molecule has 9 heteroatoms. The third-order valence-electron chi connectivity index (χ3n) is 5.38. The lowest BCUT2D eigenvalue weighted by Gasteiger charge is -2.31. The third-order valence-corrected chi connectivity index (χ3v) is 5.87. The Kier molecular flexibility index (Phi) is 6.96. The molecule has 4 rings (SSSR count). The van der Waals surface area contributed by atoms with Gasteiger partial charge in [0.1, 0.15) is 0 Å². The first-order chi connectivity index (χ1) is 15.5. The summed E-state index contributed by atoms with van der Waals surface area (Å²) in [5.41, 5.74) is 1.66. The van der Waals surface area contributed by atoms with Gasteiger partial charge in [0.2, 0.25) is 17.6 Å². The summed E-state index contributed by atoms with van der Waals surface area (Å²) < 4.78 is 11.2. The van der Waals surface area contributed by atoms with Gasteiger partial charge in [0.15, 0.2) is 0 Å². The summed E-state index contributed by atoms with van der Waals surface area (Å²) in [7, 11) is 1.32. The summed E-state index contributed by atoms with van der Waals surface area (Å²) >= 11 is 3.45. The number of hydrogen-bond acceptors (Lipinski definition) is 7. The van der Waals surface area contributed by atoms with Crippen LogP contribution in [-0.2, 0) is 16.1 Å². The van der Waals surface area contributed by atoms with Crippen molar-refractivity contribution in [1.82, 2.24) is 15.0 Å². The van der Waals surface area contributed by atoms with Gasteiger partial charge in [0, 0.05) is 16.6 Å². The third kappa shape index (κ3) is 5.23. The topological polar surface area (TPSA) is 97.6 Å². The molecular weight excluding hydrogens is 476 g/mol. The van der Waals surface area contributed by atoms with Crippen molar-refractivity contribution in [3.05, 3.63) is 64.5 Å². The molecule has 0 spiro atoms. The van der Waals surface area contributed by atoms with Gasteiger partial charge in [-0.15, -0.1) is 0 Å². The van der Waals surface area contributed by atoms with Crippen LogP contribution in [0.2, 0.25) is 0 Å². The van der Waals surface area contributed by atoms with Crippen LogP contribution in [0.4, 0.5) is 5.69 Å². The molecule has 1 aliphatic rings. The van der Waals surface area contributed by atoms with Crippen LogP contribution in [0.3, 0.4) is 0 Å². The van der Waals surface area contributed by atoms with Gasteiger partial charge in [0.05, 0.1) is 30.8 Å². The Hall–Kier alpha value is -3.04. The van der Waals surface area contributed by atoms with Crippen LogP contribution in [0.25, 0.3) is 11.4 Å². The number of benzene rings is 2. The normalized spacial score (nSPS) is 16.5. The number of amides is 1. The lowest BCUT2D eigenvalue weighted by Crippen LogP contribution is -2.40. The molecular formula is C23H23BrN4O4. The molecule has 1 fully saturated rings. The van der Waals surface area contributed by atoms with Crippen LogP contribution in [0, 0.1) is 5.92 Å². The fourth-order valence-corrected chi connectivity index (χ4v) is 4.18. The number of carbonyl (C=O) groups is 2. The van der Waals surface area contributed by atoms with Gasteiger partial charge in [0.25, 0.3) is 0 Å². The van der Waals surface area contributed by atoms with E-state index in [1.807, 2.05) is 24.3 Å². The molecule has 1 atom stereocenters. The molecule has 1 aromatic heterocycles. The van der Waals surface area contributed by atoms with Crippen molar-refractivity contribution in [1.29, 1.82) is 0 Å². The van der Waals surface area contributed by atoms with Crippen molar-refractivity contribution in [3.63, 3.8) is 0 Å². The molecule has 2 aromatic carbocycles. The maximum absolute atomic E-state index is 12.9. The van der Waals surface area contributed by atoms with Crippen molar-refractivity contribution in [2.75, 3.05) is 25.5 Å². The van der Waals surface area contributed by atoms with Crippen molar-refractivity contribution in [2.24, 2.45) is 5.92 Å². The number of nitrogens with zero attached hydrogens (tertiary/aromatic N) is 3. The molecule has 1 saturated heterocycles. The predicted octanol–water partition coefficient (Wildman–Crippen LogP) is 4.14. The van der Waals surface area contributed by atoms with Gasteiger partial charge in [-0.2, -0.15) is 4.98 Å². The summed E-state index contributed by atoms with van der Waals surface area (Å²) in [6.45, 7) is 1.89. The number of piperidine rings is 1. The lowest BCUT2D eigenvalue weighted by atomic mass is 9.97. The SMILES string of the molecule is COC(=O)c1ccccc1NC(=O)C1CCCN(Cc2nc(-c3cccc(Br)c3)no2)C1. The summed E-state index contributed by atoms with van der Waals surface area (Å²) in [6.07, 6.45) is 1.65. The standard InChI is InChI=1S/C23H23BrN4O4/c1-31-23(30)18-9-2-3-10-19(18)25-22(29)16-7-5-11-28(13-16)14-20-26-21(27-32-20)15-6-4-8-17(24)12-15/h2-4,6,8-10,12,16H,5,7,11,13-14H2,1H3,(H,25,29). The first-order valence-corrected chi connectivity index (χ1v) is 11.1. The molecule has 2 heterocycles. The van der Waals surface area contributed by atoms with E-state index in [4.69, 9.17) is 9.26 Å². The van der Waals surface area contributed by atoms with Gasteiger partial charge in [-0.3, -0.25) is 9.69 Å². The lowest BCUT2D eigenvalue weighted by molar-refractivity contribution is -0.121. The zero-order chi connectivity index (χ0) is 22.5. The number of para-hydroxylation sites is 1. The maximum Gasteiger partial charge on any atom is 0.339 e. The molecule has 0 radical (unpaired) electrons. The second kappa shape index (κ2) is 10.1. The van der Waals surface area contributed by atoms with E-state index in [1.165, 1.54) is 7.11 Å². The number of hydrogen-bond donors (Lipinski definition) is 1. The van der Waals surface area contributed by atoms with E-state index in [0.29, 0.717) is 36.1 Å². The summed E-state index contributed by atoms with van der Waals surface area (Å²) in [6, 6.07) is 14.5. The highest BCUT2D eigenvalue weighted by molar-refractivity contribution is 9.10. The van der Waals surface area contributed by atoms with Crippen LogP contribution in [-0.4, -0.2) is 47.1 Å². The van der Waals surface area contributed by atoms with E-state index in [0.717, 1.165) is 29.4 Å². The van der Waals surface area contributed by atoms with E-state index >= 15 is 0 Å². The van der Waals surface area contributed by atoms with E-state index in [9.17, 15) is 9.59 Å². The van der Waals surface area contributed by atoms with Crippen LogP contribution in [0.15, 0.2) is 57.5 Å². The second-order valence-corrected chi connectivity index (χ2v) is 8.54. The average molecular weight is 499 g/mol. The summed E-state index contributed by atoms with van der Waals surface area (Å²) in [4.78, 5) is 31.5. The molecule has 1 amide bonds. The molecule has 0 bridgehead atoms. The summed E-state index contributed by atoms with van der Waals surface area (Å²) in [5.74, 6) is 0.237. The van der Waals surface area contributed by atoms with Gasteiger partial charge in [-0.25, -0.2) is 4.79 Å². The van der Waals surface area contributed by atoms with Crippen LogP contribution in [0.1, 0.15) is 29.1 Å². The molecule has 0 saturated carbocycles. The van der Waals surface area contributed by atoms with Crippen molar-refractivity contribution in [3.8, 4) is 11.4 Å². The molecule has 1 unspecified atom stereocenters. The number of likely N-dealkylation sites (tertiary alicyclic amines) is 1. The molecule has 0 aliphatic carbocycles. The van der Waals surface area contributed by atoms with Crippen molar-refractivity contribution < 1.29 is 18.8 Å². The first kappa shape index (κ1) is 22.2. The Bertz CT molecular complexity index is 1120. The van der Waals surface area contributed by atoms with Gasteiger partial charge >= 0.3 is 5.97 Å². The minimum Gasteiger partial charge on any atom is -0.465 e. The predicted molar refractivity (Wildman–Crippen MR) is 122 cm³/mol. The monoisotopic (exact) mass is 498 g/mol. The highest BCUT2D eigenvalue weighted by atomic mass is 79.9. The highest BCUT2D eigenvalue weighted by Crippen LogP contribution is 2.24. The summed E-state index contributed by atoms with van der Waals surface area (Å²) in [5, 5.41) is 6.97.